The van der Waals surface area contributed by atoms with Crippen molar-refractivity contribution >= 4 is 46.6 Å². The summed E-state index contributed by atoms with van der Waals surface area (Å²) >= 11 is 13.4. The van der Waals surface area contributed by atoms with Crippen molar-refractivity contribution in [3.05, 3.63) is 69.5 Å². The van der Waals surface area contributed by atoms with Crippen LogP contribution in [0.3, 0.4) is 0 Å². The van der Waals surface area contributed by atoms with Crippen molar-refractivity contribution in [2.45, 2.75) is 18.5 Å². The van der Waals surface area contributed by atoms with E-state index in [0.29, 0.717) is 15.8 Å². The van der Waals surface area contributed by atoms with Gasteiger partial charge in [0, 0.05) is 5.02 Å². The van der Waals surface area contributed by atoms with E-state index in [0.717, 1.165) is 11.3 Å². The van der Waals surface area contributed by atoms with Crippen LogP contribution >= 0.6 is 35.0 Å². The second-order valence-electron chi connectivity index (χ2n) is 5.40. The molecule has 25 heavy (non-hydrogen) atoms. The standard InChI is InChI=1S/C18H16Cl2N2O2S/c1-11(24-16-8-7-13(19)9-14(16)20)17(23)22-18-21-15(10-25-18)12-5-3-2-4-6-12/h2-11,18,21H,1H3,(H,22,23)/t11-,18-/m0/s1. The first-order chi connectivity index (χ1) is 12.0. The molecule has 0 radical (unpaired) electrons. The minimum atomic E-state index is -0.693. The molecule has 4 nitrogen and oxygen atoms in total. The number of carbonyl (C=O) groups is 1. The summed E-state index contributed by atoms with van der Waals surface area (Å²) in [5, 5.41) is 9.04. The van der Waals surface area contributed by atoms with E-state index in [4.69, 9.17) is 27.9 Å². The smallest absolute Gasteiger partial charge is 0.263 e. The van der Waals surface area contributed by atoms with E-state index in [2.05, 4.69) is 10.6 Å². The highest BCUT2D eigenvalue weighted by molar-refractivity contribution is 8.03. The molecule has 2 aromatic rings. The largest absolute Gasteiger partial charge is 0.479 e. The van der Waals surface area contributed by atoms with Crippen molar-refractivity contribution in [2.24, 2.45) is 0 Å². The number of nitrogens with one attached hydrogen (secondary N) is 2. The van der Waals surface area contributed by atoms with Crippen molar-refractivity contribution in [1.82, 2.24) is 10.6 Å². The number of halogens is 2. The lowest BCUT2D eigenvalue weighted by atomic mass is 10.2. The zero-order chi connectivity index (χ0) is 17.8. The molecule has 0 unspecified atom stereocenters. The summed E-state index contributed by atoms with van der Waals surface area (Å²) in [6.45, 7) is 1.67. The van der Waals surface area contributed by atoms with Crippen LogP contribution in [0.1, 0.15) is 12.5 Å². The molecule has 1 aliphatic heterocycles. The van der Waals surface area contributed by atoms with Gasteiger partial charge < -0.3 is 15.4 Å². The Morgan fingerprint density at radius 2 is 2.00 bits per heavy atom. The van der Waals surface area contributed by atoms with Crippen LogP contribution < -0.4 is 15.4 Å². The van der Waals surface area contributed by atoms with Crippen LogP contribution in [0.4, 0.5) is 0 Å². The minimum absolute atomic E-state index is 0.237. The summed E-state index contributed by atoms with van der Waals surface area (Å²) in [7, 11) is 0. The first-order valence-corrected chi connectivity index (χ1v) is 9.32. The Balaban J connectivity index is 1.54. The van der Waals surface area contributed by atoms with Gasteiger partial charge in [-0.3, -0.25) is 4.79 Å². The molecule has 130 valence electrons. The maximum Gasteiger partial charge on any atom is 0.263 e. The lowest BCUT2D eigenvalue weighted by Gasteiger charge is -2.19. The van der Waals surface area contributed by atoms with Crippen molar-refractivity contribution in [2.75, 3.05) is 0 Å². The van der Waals surface area contributed by atoms with Gasteiger partial charge in [-0.15, -0.1) is 0 Å². The maximum absolute atomic E-state index is 12.3. The summed E-state index contributed by atoms with van der Waals surface area (Å²) in [6, 6.07) is 14.8. The Hall–Kier alpha value is -1.82. The molecule has 0 aliphatic carbocycles. The van der Waals surface area contributed by atoms with E-state index in [1.54, 1.807) is 25.1 Å². The van der Waals surface area contributed by atoms with Gasteiger partial charge in [0.05, 0.1) is 10.7 Å². The van der Waals surface area contributed by atoms with Crippen LogP contribution in [0.2, 0.25) is 10.0 Å². The number of carbonyl (C=O) groups excluding carboxylic acids is 1. The number of thioether (sulfide) groups is 1. The number of amides is 1. The molecular weight excluding hydrogens is 379 g/mol. The molecule has 2 aromatic carbocycles. The zero-order valence-electron chi connectivity index (χ0n) is 13.3. The molecular formula is C18H16Cl2N2O2S. The number of benzene rings is 2. The lowest BCUT2D eigenvalue weighted by Crippen LogP contribution is -2.45. The highest BCUT2D eigenvalue weighted by atomic mass is 35.5. The van der Waals surface area contributed by atoms with Crippen LogP contribution in [-0.2, 0) is 4.79 Å². The van der Waals surface area contributed by atoms with E-state index in [-0.39, 0.29) is 11.4 Å². The predicted octanol–water partition coefficient (Wildman–Crippen LogP) is 4.50. The van der Waals surface area contributed by atoms with Crippen molar-refractivity contribution in [3.63, 3.8) is 0 Å². The summed E-state index contributed by atoms with van der Waals surface area (Å²) in [5.41, 5.74) is 1.81. The summed E-state index contributed by atoms with van der Waals surface area (Å²) in [4.78, 5) is 12.3. The fourth-order valence-corrected chi connectivity index (χ4v) is 3.55. The lowest BCUT2D eigenvalue weighted by molar-refractivity contribution is -0.127. The Kier molecular flexibility index (Phi) is 5.78. The molecule has 1 amide bonds. The third-order valence-corrected chi connectivity index (χ3v) is 4.94. The average Bonchev–Trinajstić information content (AvgIpc) is 3.06. The quantitative estimate of drug-likeness (QED) is 0.783. The van der Waals surface area contributed by atoms with E-state index < -0.39 is 6.10 Å². The van der Waals surface area contributed by atoms with Crippen LogP contribution in [0, 0.1) is 0 Å². The molecule has 0 aromatic heterocycles. The summed E-state index contributed by atoms with van der Waals surface area (Å²) < 4.78 is 5.63. The molecule has 0 saturated carbocycles. The normalized spacial score (nSPS) is 17.4. The molecule has 1 heterocycles. The summed E-state index contributed by atoms with van der Waals surface area (Å²) in [5.74, 6) is 0.183. The van der Waals surface area contributed by atoms with E-state index in [9.17, 15) is 4.79 Å². The third-order valence-electron chi connectivity index (χ3n) is 3.53. The van der Waals surface area contributed by atoms with Crippen molar-refractivity contribution in [3.8, 4) is 5.75 Å². The topological polar surface area (TPSA) is 50.4 Å². The second-order valence-corrected chi connectivity index (χ2v) is 7.22. The fraction of sp³-hybridized carbons (Fsp3) is 0.167. The molecule has 7 heteroatoms. The first kappa shape index (κ1) is 18.0. The fourth-order valence-electron chi connectivity index (χ4n) is 2.25. The summed E-state index contributed by atoms with van der Waals surface area (Å²) in [6.07, 6.45) is -0.693. The number of ether oxygens (including phenoxy) is 1. The number of hydrogen-bond donors (Lipinski definition) is 2. The van der Waals surface area contributed by atoms with Gasteiger partial charge >= 0.3 is 0 Å². The van der Waals surface area contributed by atoms with E-state index in [1.807, 2.05) is 35.7 Å². The SMILES string of the molecule is C[C@H](Oc1ccc(Cl)cc1Cl)C(=O)N[C@@H]1NC(c2ccccc2)=CS1. The van der Waals surface area contributed by atoms with Gasteiger partial charge in [0.25, 0.3) is 5.91 Å². The van der Waals surface area contributed by atoms with Gasteiger partial charge in [0.2, 0.25) is 0 Å². The van der Waals surface area contributed by atoms with E-state index in [1.165, 1.54) is 11.8 Å². The average molecular weight is 395 g/mol. The number of hydrogen-bond acceptors (Lipinski definition) is 4. The molecule has 2 atom stereocenters. The highest BCUT2D eigenvalue weighted by Gasteiger charge is 2.23. The van der Waals surface area contributed by atoms with Gasteiger partial charge in [-0.25, -0.2) is 0 Å². The van der Waals surface area contributed by atoms with Crippen molar-refractivity contribution < 1.29 is 9.53 Å². The molecule has 0 saturated heterocycles. The molecule has 1 aliphatic rings. The Morgan fingerprint density at radius 1 is 1.24 bits per heavy atom. The van der Waals surface area contributed by atoms with Crippen LogP contribution in [0.5, 0.6) is 5.75 Å². The Labute approximate surface area is 160 Å². The first-order valence-electron chi connectivity index (χ1n) is 7.62. The highest BCUT2D eigenvalue weighted by Crippen LogP contribution is 2.29. The number of rotatable bonds is 5. The van der Waals surface area contributed by atoms with Crippen LogP contribution in [-0.4, -0.2) is 17.5 Å². The molecule has 3 rings (SSSR count). The minimum Gasteiger partial charge on any atom is -0.479 e. The van der Waals surface area contributed by atoms with Gasteiger partial charge in [0.1, 0.15) is 5.75 Å². The molecule has 0 spiro atoms. The molecule has 2 N–H and O–H groups in total. The van der Waals surface area contributed by atoms with Gasteiger partial charge in [-0.1, -0.05) is 65.3 Å². The second kappa shape index (κ2) is 8.04. The molecule has 0 fully saturated rings. The van der Waals surface area contributed by atoms with E-state index >= 15 is 0 Å². The van der Waals surface area contributed by atoms with Crippen LogP contribution in [0.15, 0.2) is 53.9 Å². The van der Waals surface area contributed by atoms with Crippen LogP contribution in [0.25, 0.3) is 5.70 Å². The van der Waals surface area contributed by atoms with Gasteiger partial charge in [-0.05, 0) is 36.1 Å². The zero-order valence-corrected chi connectivity index (χ0v) is 15.7. The van der Waals surface area contributed by atoms with Gasteiger partial charge in [0.15, 0.2) is 11.6 Å². The maximum atomic E-state index is 12.3. The third kappa shape index (κ3) is 4.63. The molecule has 0 bridgehead atoms. The monoisotopic (exact) mass is 394 g/mol. The predicted molar refractivity (Wildman–Crippen MR) is 104 cm³/mol. The van der Waals surface area contributed by atoms with Gasteiger partial charge in [-0.2, -0.15) is 0 Å². The van der Waals surface area contributed by atoms with Crippen molar-refractivity contribution in [1.29, 1.82) is 0 Å². The Morgan fingerprint density at radius 3 is 2.72 bits per heavy atom. The Bertz CT molecular complexity index is 799.